The smallest absolute Gasteiger partial charge is 0.202 e. The molecule has 2 aromatic carbocycles. The van der Waals surface area contributed by atoms with Crippen LogP contribution in [0.15, 0.2) is 48.5 Å². The van der Waals surface area contributed by atoms with Crippen molar-refractivity contribution in [3.8, 4) is 11.3 Å². The molecule has 0 N–H and O–H groups in total. The summed E-state index contributed by atoms with van der Waals surface area (Å²) in [5, 5.41) is 0. The van der Waals surface area contributed by atoms with Gasteiger partial charge >= 0.3 is 0 Å². The minimum Gasteiger partial charge on any atom is -0.350 e. The fraction of sp³-hybridized carbons (Fsp3) is 0.222. The highest BCUT2D eigenvalue weighted by atomic mass is 16.7. The van der Waals surface area contributed by atoms with Gasteiger partial charge in [0.15, 0.2) is 0 Å². The molecule has 0 saturated heterocycles. The maximum Gasteiger partial charge on any atom is 0.202 e. The third kappa shape index (κ3) is 2.71. The molecule has 4 heteroatoms. The monoisotopic (exact) mass is 294 g/mol. The molecule has 0 aliphatic rings. The van der Waals surface area contributed by atoms with Crippen molar-refractivity contribution in [3.05, 3.63) is 59.8 Å². The first-order chi connectivity index (χ1) is 10.7. The van der Waals surface area contributed by atoms with Gasteiger partial charge in [-0.05, 0) is 19.1 Å². The van der Waals surface area contributed by atoms with Crippen LogP contribution in [0.3, 0.4) is 0 Å². The van der Waals surface area contributed by atoms with E-state index in [2.05, 4.69) is 19.1 Å². The number of hydrogen-bond acceptors (Lipinski definition) is 4. The number of aryl methyl sites for hydroxylation is 1. The van der Waals surface area contributed by atoms with E-state index in [1.165, 1.54) is 5.56 Å². The number of benzene rings is 2. The van der Waals surface area contributed by atoms with Crippen LogP contribution in [-0.2, 0) is 9.47 Å². The van der Waals surface area contributed by atoms with Crippen molar-refractivity contribution in [1.82, 2.24) is 9.97 Å². The minimum absolute atomic E-state index is 0.548. The lowest BCUT2D eigenvalue weighted by Gasteiger charge is -2.17. The maximum atomic E-state index is 5.40. The molecule has 1 heterocycles. The number of hydrogen-bond donors (Lipinski definition) is 0. The molecule has 3 aromatic rings. The number of aromatic nitrogens is 2. The summed E-state index contributed by atoms with van der Waals surface area (Å²) in [6.07, 6.45) is -0.548. The number of methoxy groups -OCH3 is 2. The van der Waals surface area contributed by atoms with Crippen molar-refractivity contribution < 1.29 is 9.47 Å². The minimum atomic E-state index is -0.548. The Balaban J connectivity index is 2.24. The third-order valence-electron chi connectivity index (χ3n) is 3.57. The van der Waals surface area contributed by atoms with Gasteiger partial charge in [0.2, 0.25) is 6.29 Å². The van der Waals surface area contributed by atoms with Gasteiger partial charge in [-0.15, -0.1) is 0 Å². The maximum absolute atomic E-state index is 5.40. The molecule has 4 nitrogen and oxygen atoms in total. The molecule has 0 saturated carbocycles. The molecule has 1 aromatic heterocycles. The summed E-state index contributed by atoms with van der Waals surface area (Å²) in [6, 6.07) is 16.0. The zero-order valence-corrected chi connectivity index (χ0v) is 12.9. The Kier molecular flexibility index (Phi) is 4.13. The number of para-hydroxylation sites is 2. The standard InChI is InChI=1S/C18H18N2O2/c1-12-8-10-13(11-9-12)16-17(18(21-2)22-3)20-15-7-5-4-6-14(15)19-16/h4-11,18H,1-3H3. The van der Waals surface area contributed by atoms with Crippen LogP contribution in [0.1, 0.15) is 17.5 Å². The largest absolute Gasteiger partial charge is 0.350 e. The van der Waals surface area contributed by atoms with Crippen LogP contribution in [0.2, 0.25) is 0 Å². The first-order valence-corrected chi connectivity index (χ1v) is 7.12. The van der Waals surface area contributed by atoms with Gasteiger partial charge in [-0.2, -0.15) is 0 Å². The molecule has 3 rings (SSSR count). The van der Waals surface area contributed by atoms with Crippen molar-refractivity contribution in [2.75, 3.05) is 14.2 Å². The van der Waals surface area contributed by atoms with Gasteiger partial charge in [0.25, 0.3) is 0 Å². The van der Waals surface area contributed by atoms with Crippen LogP contribution in [0.5, 0.6) is 0 Å². The van der Waals surface area contributed by atoms with Crippen molar-refractivity contribution in [1.29, 1.82) is 0 Å². The normalized spacial score (nSPS) is 11.3. The second-order valence-corrected chi connectivity index (χ2v) is 5.12. The van der Waals surface area contributed by atoms with Gasteiger partial charge in [0.05, 0.1) is 16.7 Å². The molecular formula is C18H18N2O2. The Morgan fingerprint density at radius 1 is 0.818 bits per heavy atom. The topological polar surface area (TPSA) is 44.2 Å². The average molecular weight is 294 g/mol. The van der Waals surface area contributed by atoms with Crippen LogP contribution >= 0.6 is 0 Å². The van der Waals surface area contributed by atoms with E-state index in [1.807, 2.05) is 36.4 Å². The first kappa shape index (κ1) is 14.6. The fourth-order valence-corrected chi connectivity index (χ4v) is 2.42. The average Bonchev–Trinajstić information content (AvgIpc) is 2.56. The molecule has 0 radical (unpaired) electrons. The first-order valence-electron chi connectivity index (χ1n) is 7.12. The third-order valence-corrected chi connectivity index (χ3v) is 3.57. The molecular weight excluding hydrogens is 276 g/mol. The molecule has 112 valence electrons. The lowest BCUT2D eigenvalue weighted by Crippen LogP contribution is -2.09. The van der Waals surface area contributed by atoms with E-state index < -0.39 is 6.29 Å². The molecule has 0 spiro atoms. The van der Waals surface area contributed by atoms with Gasteiger partial charge in [-0.25, -0.2) is 9.97 Å². The summed E-state index contributed by atoms with van der Waals surface area (Å²) in [5.41, 5.74) is 5.35. The fourth-order valence-electron chi connectivity index (χ4n) is 2.42. The molecule has 0 amide bonds. The summed E-state index contributed by atoms with van der Waals surface area (Å²) in [7, 11) is 3.20. The molecule has 0 atom stereocenters. The van der Waals surface area contributed by atoms with Crippen molar-refractivity contribution in [2.24, 2.45) is 0 Å². The van der Waals surface area contributed by atoms with Crippen molar-refractivity contribution >= 4 is 11.0 Å². The summed E-state index contributed by atoms with van der Waals surface area (Å²) in [5.74, 6) is 0. The molecule has 0 fully saturated rings. The Morgan fingerprint density at radius 3 is 2.00 bits per heavy atom. The second kappa shape index (κ2) is 6.22. The van der Waals surface area contributed by atoms with E-state index >= 15 is 0 Å². The number of nitrogens with zero attached hydrogens (tertiary/aromatic N) is 2. The van der Waals surface area contributed by atoms with Crippen LogP contribution in [0.4, 0.5) is 0 Å². The molecule has 22 heavy (non-hydrogen) atoms. The van der Waals surface area contributed by atoms with E-state index in [-0.39, 0.29) is 0 Å². The SMILES string of the molecule is COC(OC)c1nc2ccccc2nc1-c1ccc(C)cc1. The van der Waals surface area contributed by atoms with Crippen LogP contribution < -0.4 is 0 Å². The quantitative estimate of drug-likeness (QED) is 0.685. The van der Waals surface area contributed by atoms with E-state index in [0.717, 1.165) is 22.3 Å². The van der Waals surface area contributed by atoms with Gasteiger partial charge in [0.1, 0.15) is 5.69 Å². The lowest BCUT2D eigenvalue weighted by atomic mass is 10.1. The summed E-state index contributed by atoms with van der Waals surface area (Å²) in [4.78, 5) is 9.47. The molecule has 0 aliphatic heterocycles. The highest BCUT2D eigenvalue weighted by molar-refractivity contribution is 5.78. The number of rotatable bonds is 4. The highest BCUT2D eigenvalue weighted by Crippen LogP contribution is 2.29. The second-order valence-electron chi connectivity index (χ2n) is 5.12. The van der Waals surface area contributed by atoms with E-state index in [0.29, 0.717) is 5.69 Å². The predicted molar refractivity (Wildman–Crippen MR) is 86.5 cm³/mol. The molecule has 0 bridgehead atoms. The predicted octanol–water partition coefficient (Wildman–Crippen LogP) is 3.90. The van der Waals surface area contributed by atoms with E-state index in [1.54, 1.807) is 14.2 Å². The van der Waals surface area contributed by atoms with Crippen LogP contribution in [-0.4, -0.2) is 24.2 Å². The highest BCUT2D eigenvalue weighted by Gasteiger charge is 2.19. The van der Waals surface area contributed by atoms with E-state index in [4.69, 9.17) is 19.4 Å². The summed E-state index contributed by atoms with van der Waals surface area (Å²) in [6.45, 7) is 2.06. The van der Waals surface area contributed by atoms with Crippen molar-refractivity contribution in [3.63, 3.8) is 0 Å². The van der Waals surface area contributed by atoms with Gasteiger partial charge in [-0.3, -0.25) is 0 Å². The molecule has 0 aliphatic carbocycles. The Hall–Kier alpha value is -2.30. The van der Waals surface area contributed by atoms with Gasteiger partial charge < -0.3 is 9.47 Å². The van der Waals surface area contributed by atoms with Crippen molar-refractivity contribution in [2.45, 2.75) is 13.2 Å². The van der Waals surface area contributed by atoms with Gasteiger partial charge in [0, 0.05) is 19.8 Å². The summed E-state index contributed by atoms with van der Waals surface area (Å²) >= 11 is 0. The van der Waals surface area contributed by atoms with Gasteiger partial charge in [-0.1, -0.05) is 42.0 Å². The number of fused-ring (bicyclic) bond motifs is 1. The zero-order valence-electron chi connectivity index (χ0n) is 12.9. The Labute approximate surface area is 129 Å². The van der Waals surface area contributed by atoms with Crippen LogP contribution in [0.25, 0.3) is 22.3 Å². The Morgan fingerprint density at radius 2 is 1.41 bits per heavy atom. The molecule has 0 unspecified atom stereocenters. The summed E-state index contributed by atoms with van der Waals surface area (Å²) < 4.78 is 10.8. The number of ether oxygens (including phenoxy) is 2. The Bertz CT molecular complexity index is 781. The lowest BCUT2D eigenvalue weighted by molar-refractivity contribution is -0.108. The zero-order chi connectivity index (χ0) is 15.5. The van der Waals surface area contributed by atoms with Crippen LogP contribution in [0, 0.1) is 6.92 Å². The van der Waals surface area contributed by atoms with E-state index in [9.17, 15) is 0 Å².